The second-order valence-corrected chi connectivity index (χ2v) is 5.46. The number of hydrogen-bond donors (Lipinski definition) is 1. The molecule has 0 atom stereocenters. The molecule has 1 fully saturated rings. The Bertz CT molecular complexity index is 482. The van der Waals surface area contributed by atoms with Gasteiger partial charge in [0.1, 0.15) is 5.54 Å². The SMILES string of the molecule is CCCN(C=O)C1(C(=O)O)CCN(c2ccccc2)CC1. The molecule has 0 bridgehead atoms. The molecule has 1 aromatic rings. The second-order valence-electron chi connectivity index (χ2n) is 5.46. The summed E-state index contributed by atoms with van der Waals surface area (Å²) in [6.07, 6.45) is 2.36. The van der Waals surface area contributed by atoms with Crippen LogP contribution in [0.15, 0.2) is 30.3 Å². The molecule has 5 nitrogen and oxygen atoms in total. The predicted molar refractivity (Wildman–Crippen MR) is 81.3 cm³/mol. The van der Waals surface area contributed by atoms with E-state index in [4.69, 9.17) is 0 Å². The van der Waals surface area contributed by atoms with E-state index >= 15 is 0 Å². The van der Waals surface area contributed by atoms with E-state index < -0.39 is 11.5 Å². The molecule has 0 radical (unpaired) electrons. The van der Waals surface area contributed by atoms with Gasteiger partial charge in [0, 0.05) is 25.3 Å². The van der Waals surface area contributed by atoms with Crippen molar-refractivity contribution >= 4 is 18.1 Å². The van der Waals surface area contributed by atoms with Gasteiger partial charge in [0.15, 0.2) is 0 Å². The third-order valence-electron chi connectivity index (χ3n) is 4.25. The van der Waals surface area contributed by atoms with E-state index in [0.29, 0.717) is 38.9 Å². The number of benzene rings is 1. The molecule has 0 unspecified atom stereocenters. The topological polar surface area (TPSA) is 60.9 Å². The molecule has 1 saturated heterocycles. The average molecular weight is 290 g/mol. The fourth-order valence-corrected chi connectivity index (χ4v) is 3.01. The molecule has 1 aliphatic heterocycles. The molecule has 0 aromatic heterocycles. The monoisotopic (exact) mass is 290 g/mol. The van der Waals surface area contributed by atoms with Gasteiger partial charge in [0.2, 0.25) is 6.41 Å². The Morgan fingerprint density at radius 1 is 1.33 bits per heavy atom. The molecule has 0 spiro atoms. The van der Waals surface area contributed by atoms with Crippen LogP contribution in [0.3, 0.4) is 0 Å². The Morgan fingerprint density at radius 2 is 1.95 bits per heavy atom. The number of para-hydroxylation sites is 1. The van der Waals surface area contributed by atoms with Gasteiger partial charge >= 0.3 is 5.97 Å². The Morgan fingerprint density at radius 3 is 2.43 bits per heavy atom. The van der Waals surface area contributed by atoms with Gasteiger partial charge in [-0.1, -0.05) is 25.1 Å². The van der Waals surface area contributed by atoms with Gasteiger partial charge < -0.3 is 14.9 Å². The summed E-state index contributed by atoms with van der Waals surface area (Å²) in [6.45, 7) is 3.72. The van der Waals surface area contributed by atoms with E-state index in [1.807, 2.05) is 37.3 Å². The lowest BCUT2D eigenvalue weighted by molar-refractivity contribution is -0.157. The smallest absolute Gasteiger partial charge is 0.329 e. The van der Waals surface area contributed by atoms with Crippen molar-refractivity contribution in [3.05, 3.63) is 30.3 Å². The van der Waals surface area contributed by atoms with E-state index in [2.05, 4.69) is 4.90 Å². The van der Waals surface area contributed by atoms with Crippen molar-refractivity contribution in [3.8, 4) is 0 Å². The Hall–Kier alpha value is -2.04. The molecule has 1 aromatic carbocycles. The predicted octanol–water partition coefficient (Wildman–Crippen LogP) is 1.98. The number of carbonyl (C=O) groups is 2. The lowest BCUT2D eigenvalue weighted by Crippen LogP contribution is -2.60. The first kappa shape index (κ1) is 15.4. The number of hydrogen-bond acceptors (Lipinski definition) is 3. The first-order chi connectivity index (χ1) is 10.1. The summed E-state index contributed by atoms with van der Waals surface area (Å²) >= 11 is 0. The number of aliphatic carboxylic acids is 1. The maximum Gasteiger partial charge on any atom is 0.329 e. The zero-order valence-electron chi connectivity index (χ0n) is 12.4. The minimum Gasteiger partial charge on any atom is -0.479 e. The first-order valence-electron chi connectivity index (χ1n) is 7.39. The highest BCUT2D eigenvalue weighted by Gasteiger charge is 2.46. The number of piperidine rings is 1. The molecule has 2 rings (SSSR count). The number of carboxylic acids is 1. The molecule has 5 heteroatoms. The highest BCUT2D eigenvalue weighted by molar-refractivity contribution is 5.82. The molecule has 0 saturated carbocycles. The zero-order chi connectivity index (χ0) is 15.3. The minimum atomic E-state index is -1.05. The molecule has 1 aliphatic rings. The van der Waals surface area contributed by atoms with Gasteiger partial charge in [-0.05, 0) is 31.4 Å². The first-order valence-corrected chi connectivity index (χ1v) is 7.39. The number of anilines is 1. The summed E-state index contributed by atoms with van der Waals surface area (Å²) in [6, 6.07) is 9.96. The van der Waals surface area contributed by atoms with Crippen LogP contribution < -0.4 is 4.90 Å². The molecule has 1 amide bonds. The van der Waals surface area contributed by atoms with Gasteiger partial charge in [-0.2, -0.15) is 0 Å². The van der Waals surface area contributed by atoms with Crippen LogP contribution in [-0.2, 0) is 9.59 Å². The van der Waals surface area contributed by atoms with Crippen molar-refractivity contribution in [3.63, 3.8) is 0 Å². The van der Waals surface area contributed by atoms with Crippen LogP contribution >= 0.6 is 0 Å². The summed E-state index contributed by atoms with van der Waals surface area (Å²) in [5, 5.41) is 9.65. The van der Waals surface area contributed by atoms with E-state index in [1.54, 1.807) is 0 Å². The van der Waals surface area contributed by atoms with E-state index in [0.717, 1.165) is 12.1 Å². The summed E-state index contributed by atoms with van der Waals surface area (Å²) in [4.78, 5) is 26.7. The zero-order valence-corrected chi connectivity index (χ0v) is 12.4. The number of amides is 1. The maximum atomic E-state index is 11.8. The van der Waals surface area contributed by atoms with Crippen LogP contribution in [0, 0.1) is 0 Å². The maximum absolute atomic E-state index is 11.8. The van der Waals surface area contributed by atoms with Crippen LogP contribution in [0.5, 0.6) is 0 Å². The van der Waals surface area contributed by atoms with Crippen molar-refractivity contribution in [2.45, 2.75) is 31.7 Å². The van der Waals surface area contributed by atoms with Gasteiger partial charge in [-0.25, -0.2) is 4.79 Å². The molecule has 0 aliphatic carbocycles. The summed E-state index contributed by atoms with van der Waals surface area (Å²) in [5.41, 5.74) is 0.0490. The number of carbonyl (C=O) groups excluding carboxylic acids is 1. The van der Waals surface area contributed by atoms with E-state index in [9.17, 15) is 14.7 Å². The van der Waals surface area contributed by atoms with Crippen LogP contribution in [0.2, 0.25) is 0 Å². The average Bonchev–Trinajstić information content (AvgIpc) is 2.53. The Labute approximate surface area is 125 Å². The van der Waals surface area contributed by atoms with Gasteiger partial charge in [-0.15, -0.1) is 0 Å². The van der Waals surface area contributed by atoms with Crippen molar-refractivity contribution in [1.82, 2.24) is 4.90 Å². The second kappa shape index (κ2) is 6.61. The molecular weight excluding hydrogens is 268 g/mol. The molecule has 114 valence electrons. The van der Waals surface area contributed by atoms with Crippen molar-refractivity contribution in [1.29, 1.82) is 0 Å². The third kappa shape index (κ3) is 3.01. The summed E-state index contributed by atoms with van der Waals surface area (Å²) < 4.78 is 0. The fourth-order valence-electron chi connectivity index (χ4n) is 3.01. The minimum absolute atomic E-state index is 0.454. The van der Waals surface area contributed by atoms with Crippen molar-refractivity contribution in [2.75, 3.05) is 24.5 Å². The molecule has 21 heavy (non-hydrogen) atoms. The van der Waals surface area contributed by atoms with E-state index in [-0.39, 0.29) is 0 Å². The summed E-state index contributed by atoms with van der Waals surface area (Å²) in [7, 11) is 0. The largest absolute Gasteiger partial charge is 0.479 e. The standard InChI is InChI=1S/C16H22N2O3/c1-2-10-18(13-19)16(15(20)21)8-11-17(12-9-16)14-6-4-3-5-7-14/h3-7,13H,2,8-12H2,1H3,(H,20,21). The molecular formula is C16H22N2O3. The number of rotatable bonds is 6. The van der Waals surface area contributed by atoms with Crippen LogP contribution in [0.1, 0.15) is 26.2 Å². The fraction of sp³-hybridized carbons (Fsp3) is 0.500. The Kier molecular flexibility index (Phi) is 4.83. The van der Waals surface area contributed by atoms with Crippen LogP contribution in [-0.4, -0.2) is 47.6 Å². The third-order valence-corrected chi connectivity index (χ3v) is 4.25. The van der Waals surface area contributed by atoms with Crippen LogP contribution in [0.4, 0.5) is 5.69 Å². The molecule has 1 N–H and O–H groups in total. The number of nitrogens with zero attached hydrogens (tertiary/aromatic N) is 2. The highest BCUT2D eigenvalue weighted by atomic mass is 16.4. The Balaban J connectivity index is 2.14. The lowest BCUT2D eigenvalue weighted by atomic mass is 9.85. The summed E-state index contributed by atoms with van der Waals surface area (Å²) in [5.74, 6) is -0.893. The normalized spacial score (nSPS) is 17.3. The van der Waals surface area contributed by atoms with Crippen LogP contribution in [0.25, 0.3) is 0 Å². The van der Waals surface area contributed by atoms with Gasteiger partial charge in [-0.3, -0.25) is 4.79 Å². The van der Waals surface area contributed by atoms with Gasteiger partial charge in [0.25, 0.3) is 0 Å². The van der Waals surface area contributed by atoms with Crippen molar-refractivity contribution < 1.29 is 14.7 Å². The highest BCUT2D eigenvalue weighted by Crippen LogP contribution is 2.31. The van der Waals surface area contributed by atoms with E-state index in [1.165, 1.54) is 4.90 Å². The quantitative estimate of drug-likeness (QED) is 0.814. The van der Waals surface area contributed by atoms with Crippen molar-refractivity contribution in [2.24, 2.45) is 0 Å². The van der Waals surface area contributed by atoms with Gasteiger partial charge in [0.05, 0.1) is 0 Å². The number of carboxylic acid groups (broad SMARTS) is 1. The lowest BCUT2D eigenvalue weighted by Gasteiger charge is -2.45. The molecule has 1 heterocycles.